The van der Waals surface area contributed by atoms with Crippen LogP contribution in [-0.2, 0) is 11.4 Å². The van der Waals surface area contributed by atoms with Crippen molar-refractivity contribution >= 4 is 40.3 Å². The van der Waals surface area contributed by atoms with Crippen molar-refractivity contribution in [3.05, 3.63) is 87.0 Å². The van der Waals surface area contributed by atoms with Crippen molar-refractivity contribution in [1.29, 1.82) is 5.26 Å². The zero-order chi connectivity index (χ0) is 22.2. The highest BCUT2D eigenvalue weighted by Gasteiger charge is 2.12. The largest absolute Gasteiger partial charge is 0.504 e. The fourth-order valence-electron chi connectivity index (χ4n) is 2.72. The summed E-state index contributed by atoms with van der Waals surface area (Å²) in [7, 11) is 1.43. The number of aromatic hydroxyl groups is 1. The number of methoxy groups -OCH3 is 1. The number of nitriles is 1. The van der Waals surface area contributed by atoms with E-state index in [0.29, 0.717) is 27.2 Å². The molecular formula is C24H19IN2O4. The Morgan fingerprint density at radius 2 is 1.87 bits per heavy atom. The number of ether oxygens (including phenoxy) is 2. The van der Waals surface area contributed by atoms with E-state index in [9.17, 15) is 15.2 Å². The third kappa shape index (κ3) is 5.99. The van der Waals surface area contributed by atoms with Crippen LogP contribution < -0.4 is 14.8 Å². The first kappa shape index (κ1) is 22.2. The fourth-order valence-corrected chi connectivity index (χ4v) is 3.35. The van der Waals surface area contributed by atoms with Gasteiger partial charge in [-0.25, -0.2) is 0 Å². The van der Waals surface area contributed by atoms with Gasteiger partial charge in [0.1, 0.15) is 24.0 Å². The summed E-state index contributed by atoms with van der Waals surface area (Å²) >= 11 is 1.95. The SMILES string of the molecule is COc1cc(/C=C(\C#N)C(=O)Nc2ccc(OCc3ccccc3)cc2)cc(I)c1O. The number of phenolic OH excluding ortho intramolecular Hbond substituents is 1. The molecule has 0 aliphatic heterocycles. The molecule has 0 saturated carbocycles. The Morgan fingerprint density at radius 3 is 2.52 bits per heavy atom. The molecule has 0 bridgehead atoms. The molecule has 3 aromatic rings. The van der Waals surface area contributed by atoms with E-state index >= 15 is 0 Å². The molecule has 0 atom stereocenters. The van der Waals surface area contributed by atoms with Crippen LogP contribution in [-0.4, -0.2) is 18.1 Å². The van der Waals surface area contributed by atoms with Crippen LogP contribution in [0.4, 0.5) is 5.69 Å². The van der Waals surface area contributed by atoms with Crippen molar-refractivity contribution in [1.82, 2.24) is 0 Å². The van der Waals surface area contributed by atoms with Crippen LogP contribution in [0, 0.1) is 14.9 Å². The number of nitrogens with zero attached hydrogens (tertiary/aromatic N) is 1. The van der Waals surface area contributed by atoms with E-state index < -0.39 is 5.91 Å². The number of phenols is 1. The van der Waals surface area contributed by atoms with Gasteiger partial charge < -0.3 is 19.9 Å². The summed E-state index contributed by atoms with van der Waals surface area (Å²) in [4.78, 5) is 12.5. The predicted octanol–water partition coefficient (Wildman–Crippen LogP) is 5.13. The maximum Gasteiger partial charge on any atom is 0.266 e. The summed E-state index contributed by atoms with van der Waals surface area (Å²) in [6, 6.07) is 21.9. The van der Waals surface area contributed by atoms with Crippen LogP contribution in [0.15, 0.2) is 72.3 Å². The number of nitrogens with one attached hydrogen (secondary N) is 1. The minimum Gasteiger partial charge on any atom is -0.504 e. The quantitative estimate of drug-likeness (QED) is 0.253. The topological polar surface area (TPSA) is 91.6 Å². The first-order chi connectivity index (χ1) is 15.0. The minimum atomic E-state index is -0.539. The second kappa shape index (κ2) is 10.5. The molecule has 0 radical (unpaired) electrons. The van der Waals surface area contributed by atoms with Crippen LogP contribution in [0.1, 0.15) is 11.1 Å². The number of benzene rings is 3. The molecule has 7 heteroatoms. The van der Waals surface area contributed by atoms with E-state index in [2.05, 4.69) is 5.32 Å². The molecule has 31 heavy (non-hydrogen) atoms. The lowest BCUT2D eigenvalue weighted by atomic mass is 10.1. The summed E-state index contributed by atoms with van der Waals surface area (Å²) < 4.78 is 11.4. The van der Waals surface area contributed by atoms with Gasteiger partial charge in [-0.2, -0.15) is 5.26 Å². The van der Waals surface area contributed by atoms with Gasteiger partial charge in [-0.1, -0.05) is 30.3 Å². The third-order valence-corrected chi connectivity index (χ3v) is 5.13. The normalized spacial score (nSPS) is 10.8. The van der Waals surface area contributed by atoms with Gasteiger partial charge in [-0.3, -0.25) is 4.79 Å². The zero-order valence-electron chi connectivity index (χ0n) is 16.6. The molecule has 0 aliphatic rings. The van der Waals surface area contributed by atoms with Crippen LogP contribution in [0.3, 0.4) is 0 Å². The smallest absolute Gasteiger partial charge is 0.266 e. The van der Waals surface area contributed by atoms with E-state index in [1.807, 2.05) is 59.0 Å². The number of halogens is 1. The Labute approximate surface area is 193 Å². The second-order valence-electron chi connectivity index (χ2n) is 6.48. The number of carbonyl (C=O) groups excluding carboxylic acids is 1. The molecule has 0 spiro atoms. The molecule has 0 fully saturated rings. The van der Waals surface area contributed by atoms with Crippen LogP contribution in [0.25, 0.3) is 6.08 Å². The van der Waals surface area contributed by atoms with Gasteiger partial charge in [0.25, 0.3) is 5.91 Å². The van der Waals surface area contributed by atoms with Gasteiger partial charge >= 0.3 is 0 Å². The maximum absolute atomic E-state index is 12.5. The van der Waals surface area contributed by atoms with E-state index in [-0.39, 0.29) is 17.1 Å². The number of carbonyl (C=O) groups is 1. The van der Waals surface area contributed by atoms with E-state index in [0.717, 1.165) is 5.56 Å². The summed E-state index contributed by atoms with van der Waals surface area (Å²) in [5.74, 6) is 0.408. The van der Waals surface area contributed by atoms with Crippen molar-refractivity contribution in [3.8, 4) is 23.3 Å². The van der Waals surface area contributed by atoms with Crippen molar-refractivity contribution in [3.63, 3.8) is 0 Å². The highest BCUT2D eigenvalue weighted by molar-refractivity contribution is 14.1. The Hall–Kier alpha value is -3.51. The van der Waals surface area contributed by atoms with Gasteiger partial charge in [-0.05, 0) is 76.2 Å². The molecular weight excluding hydrogens is 507 g/mol. The number of amides is 1. The average molecular weight is 526 g/mol. The Bertz CT molecular complexity index is 1140. The predicted molar refractivity (Wildman–Crippen MR) is 127 cm³/mol. The average Bonchev–Trinajstić information content (AvgIpc) is 2.79. The van der Waals surface area contributed by atoms with Crippen molar-refractivity contribution in [2.24, 2.45) is 0 Å². The monoisotopic (exact) mass is 526 g/mol. The van der Waals surface area contributed by atoms with E-state index in [4.69, 9.17) is 9.47 Å². The molecule has 1 amide bonds. The number of hydrogen-bond donors (Lipinski definition) is 2. The zero-order valence-corrected chi connectivity index (χ0v) is 18.8. The fraction of sp³-hybridized carbons (Fsp3) is 0.0833. The molecule has 0 heterocycles. The van der Waals surface area contributed by atoms with Gasteiger partial charge in [0.15, 0.2) is 11.5 Å². The molecule has 0 aromatic heterocycles. The number of anilines is 1. The van der Waals surface area contributed by atoms with Crippen molar-refractivity contribution in [2.75, 3.05) is 12.4 Å². The summed E-state index contributed by atoms with van der Waals surface area (Å²) in [5.41, 5.74) is 2.09. The first-order valence-electron chi connectivity index (χ1n) is 9.26. The van der Waals surface area contributed by atoms with E-state index in [1.165, 1.54) is 13.2 Å². The van der Waals surface area contributed by atoms with Gasteiger partial charge in [0.2, 0.25) is 0 Å². The molecule has 0 unspecified atom stereocenters. The van der Waals surface area contributed by atoms with Crippen molar-refractivity contribution in [2.45, 2.75) is 6.61 Å². The van der Waals surface area contributed by atoms with Gasteiger partial charge in [0, 0.05) is 5.69 Å². The maximum atomic E-state index is 12.5. The molecule has 6 nitrogen and oxygen atoms in total. The summed E-state index contributed by atoms with van der Waals surface area (Å²) in [6.07, 6.45) is 1.44. The second-order valence-corrected chi connectivity index (χ2v) is 7.64. The molecule has 2 N–H and O–H groups in total. The van der Waals surface area contributed by atoms with Crippen molar-refractivity contribution < 1.29 is 19.4 Å². The lowest BCUT2D eigenvalue weighted by Gasteiger charge is -2.09. The molecule has 156 valence electrons. The highest BCUT2D eigenvalue weighted by Crippen LogP contribution is 2.33. The van der Waals surface area contributed by atoms with Gasteiger partial charge in [-0.15, -0.1) is 0 Å². The number of hydrogen-bond acceptors (Lipinski definition) is 5. The van der Waals surface area contributed by atoms with Crippen LogP contribution in [0.5, 0.6) is 17.2 Å². The summed E-state index contributed by atoms with van der Waals surface area (Å²) in [5, 5.41) is 22.1. The summed E-state index contributed by atoms with van der Waals surface area (Å²) in [6.45, 7) is 0.447. The van der Waals surface area contributed by atoms with E-state index in [1.54, 1.807) is 36.4 Å². The molecule has 3 rings (SSSR count). The van der Waals surface area contributed by atoms with Gasteiger partial charge in [0.05, 0.1) is 10.7 Å². The molecule has 3 aromatic carbocycles. The minimum absolute atomic E-state index is 0.0118. The standard InChI is InChI=1S/C24H19IN2O4/c1-30-22-13-17(12-21(25)23(22)28)11-18(14-26)24(29)27-19-7-9-20(10-8-19)31-15-16-5-3-2-4-6-16/h2-13,28H,15H2,1H3,(H,27,29)/b18-11+. The van der Waals surface area contributed by atoms with Crippen LogP contribution >= 0.6 is 22.6 Å². The Morgan fingerprint density at radius 1 is 1.16 bits per heavy atom. The molecule has 0 saturated heterocycles. The Kier molecular flexibility index (Phi) is 7.51. The lowest BCUT2D eigenvalue weighted by Crippen LogP contribution is -2.13. The molecule has 0 aliphatic carbocycles. The third-order valence-electron chi connectivity index (χ3n) is 4.31. The highest BCUT2D eigenvalue weighted by atomic mass is 127. The lowest BCUT2D eigenvalue weighted by molar-refractivity contribution is -0.112. The van der Waals surface area contributed by atoms with Crippen LogP contribution in [0.2, 0.25) is 0 Å². The Balaban J connectivity index is 1.67. The number of rotatable bonds is 7. The first-order valence-corrected chi connectivity index (χ1v) is 10.3.